The first-order valence-corrected chi connectivity index (χ1v) is 5.33. The van der Waals surface area contributed by atoms with Gasteiger partial charge in [0, 0.05) is 0 Å². The molecule has 7 nitrogen and oxygen atoms in total. The van der Waals surface area contributed by atoms with Gasteiger partial charge in [-0.05, 0) is 12.1 Å². The number of carbonyl (C=O) groups excluding carboxylic acids is 3. The van der Waals surface area contributed by atoms with E-state index in [0.717, 1.165) is 11.3 Å². The molecular formula is C9H8N2O5S. The van der Waals surface area contributed by atoms with Gasteiger partial charge in [0.05, 0.1) is 12.0 Å². The number of ether oxygens (including phenoxy) is 1. The molecule has 1 aromatic rings. The Balaban J connectivity index is 2.43. The minimum atomic E-state index is -2.39. The Kier molecular flexibility index (Phi) is 2.60. The third-order valence-corrected chi connectivity index (χ3v) is 3.41. The molecule has 1 aliphatic heterocycles. The number of imide groups is 2. The van der Waals surface area contributed by atoms with Crippen molar-refractivity contribution in [3.8, 4) is 5.06 Å². The molecule has 0 aliphatic carbocycles. The molecule has 8 heteroatoms. The molecular weight excluding hydrogens is 248 g/mol. The van der Waals surface area contributed by atoms with E-state index in [-0.39, 0.29) is 4.88 Å². The Morgan fingerprint density at radius 2 is 1.82 bits per heavy atom. The number of barbiturate groups is 1. The van der Waals surface area contributed by atoms with E-state index in [1.807, 2.05) is 10.6 Å². The van der Waals surface area contributed by atoms with E-state index in [1.165, 1.54) is 19.2 Å². The van der Waals surface area contributed by atoms with Crippen LogP contribution in [0.3, 0.4) is 0 Å². The number of rotatable bonds is 2. The number of aliphatic hydroxyl groups is 1. The van der Waals surface area contributed by atoms with Crippen LogP contribution in [0.25, 0.3) is 0 Å². The molecule has 1 aliphatic rings. The summed E-state index contributed by atoms with van der Waals surface area (Å²) in [5, 5.41) is 14.2. The second-order valence-corrected chi connectivity index (χ2v) is 4.32. The maximum absolute atomic E-state index is 11.6. The molecule has 1 aromatic heterocycles. The molecule has 4 amide bonds. The van der Waals surface area contributed by atoms with Crippen LogP contribution in [0.4, 0.5) is 4.79 Å². The summed E-state index contributed by atoms with van der Waals surface area (Å²) in [6.45, 7) is 0. The number of thiophene rings is 1. The molecule has 0 saturated carbocycles. The van der Waals surface area contributed by atoms with Gasteiger partial charge in [-0.25, -0.2) is 4.79 Å². The van der Waals surface area contributed by atoms with Crippen molar-refractivity contribution in [1.29, 1.82) is 0 Å². The van der Waals surface area contributed by atoms with Crippen LogP contribution < -0.4 is 15.4 Å². The zero-order chi connectivity index (χ0) is 12.6. The highest BCUT2D eigenvalue weighted by Crippen LogP contribution is 2.34. The molecule has 2 heterocycles. The summed E-state index contributed by atoms with van der Waals surface area (Å²) in [6, 6.07) is 1.95. The van der Waals surface area contributed by atoms with Gasteiger partial charge in [0.25, 0.3) is 17.4 Å². The number of methoxy groups -OCH3 is 1. The van der Waals surface area contributed by atoms with Crippen LogP contribution in [0.1, 0.15) is 4.88 Å². The van der Waals surface area contributed by atoms with E-state index in [4.69, 9.17) is 4.74 Å². The van der Waals surface area contributed by atoms with Gasteiger partial charge in [0.2, 0.25) is 0 Å². The van der Waals surface area contributed by atoms with Crippen molar-refractivity contribution in [2.24, 2.45) is 0 Å². The lowest BCUT2D eigenvalue weighted by Gasteiger charge is -2.27. The van der Waals surface area contributed by atoms with Gasteiger partial charge in [0.15, 0.2) is 5.06 Å². The van der Waals surface area contributed by atoms with E-state index >= 15 is 0 Å². The average molecular weight is 256 g/mol. The van der Waals surface area contributed by atoms with Crippen LogP contribution in [-0.4, -0.2) is 30.1 Å². The molecule has 0 unspecified atom stereocenters. The SMILES string of the molecule is COc1ccc(C2(O)C(=O)NC(=O)NC2=O)s1. The molecule has 0 radical (unpaired) electrons. The second-order valence-electron chi connectivity index (χ2n) is 3.27. The van der Waals surface area contributed by atoms with Crippen LogP contribution in [-0.2, 0) is 15.2 Å². The van der Waals surface area contributed by atoms with Crippen molar-refractivity contribution in [2.75, 3.05) is 7.11 Å². The van der Waals surface area contributed by atoms with Gasteiger partial charge < -0.3 is 9.84 Å². The Hall–Kier alpha value is -1.93. The van der Waals surface area contributed by atoms with Gasteiger partial charge in [-0.2, -0.15) is 0 Å². The largest absolute Gasteiger partial charge is 0.487 e. The highest BCUT2D eigenvalue weighted by Gasteiger charge is 2.51. The van der Waals surface area contributed by atoms with Crippen LogP contribution in [0.15, 0.2) is 12.1 Å². The lowest BCUT2D eigenvalue weighted by Crippen LogP contribution is -2.64. The number of urea groups is 1. The van der Waals surface area contributed by atoms with Crippen molar-refractivity contribution in [2.45, 2.75) is 5.60 Å². The van der Waals surface area contributed by atoms with Gasteiger partial charge >= 0.3 is 6.03 Å². The molecule has 90 valence electrons. The standard InChI is InChI=1S/C9H8N2O5S/c1-16-5-3-2-4(17-5)9(15)6(12)10-8(14)11-7(9)13/h2-3,15H,1H3,(H2,10,11,12,13,14). The predicted octanol–water partition coefficient (Wildman–Crippen LogP) is -0.690. The summed E-state index contributed by atoms with van der Waals surface area (Å²) < 4.78 is 4.90. The topological polar surface area (TPSA) is 105 Å². The first kappa shape index (κ1) is 11.6. The van der Waals surface area contributed by atoms with Crippen molar-refractivity contribution in [1.82, 2.24) is 10.6 Å². The van der Waals surface area contributed by atoms with E-state index < -0.39 is 23.4 Å². The molecule has 1 fully saturated rings. The second kappa shape index (κ2) is 3.82. The monoisotopic (exact) mass is 256 g/mol. The van der Waals surface area contributed by atoms with Gasteiger partial charge in [-0.3, -0.25) is 20.2 Å². The van der Waals surface area contributed by atoms with E-state index in [1.54, 1.807) is 0 Å². The Morgan fingerprint density at radius 3 is 2.29 bits per heavy atom. The van der Waals surface area contributed by atoms with Gasteiger partial charge in [0.1, 0.15) is 0 Å². The summed E-state index contributed by atoms with van der Waals surface area (Å²) >= 11 is 0.942. The van der Waals surface area contributed by atoms with Crippen LogP contribution in [0, 0.1) is 0 Å². The van der Waals surface area contributed by atoms with E-state index in [0.29, 0.717) is 5.06 Å². The maximum atomic E-state index is 11.6. The van der Waals surface area contributed by atoms with Crippen molar-refractivity contribution in [3.05, 3.63) is 17.0 Å². The fourth-order valence-electron chi connectivity index (χ4n) is 1.37. The number of hydrogen-bond donors (Lipinski definition) is 3. The first-order valence-electron chi connectivity index (χ1n) is 4.52. The zero-order valence-corrected chi connectivity index (χ0v) is 9.46. The number of nitrogens with one attached hydrogen (secondary N) is 2. The van der Waals surface area contributed by atoms with Crippen molar-refractivity contribution >= 4 is 29.2 Å². The molecule has 2 rings (SSSR count). The summed E-state index contributed by atoms with van der Waals surface area (Å²) in [4.78, 5) is 34.1. The smallest absolute Gasteiger partial charge is 0.328 e. The van der Waals surface area contributed by atoms with Crippen molar-refractivity contribution < 1.29 is 24.2 Å². The highest BCUT2D eigenvalue weighted by molar-refractivity contribution is 7.14. The predicted molar refractivity (Wildman–Crippen MR) is 56.4 cm³/mol. The molecule has 1 saturated heterocycles. The third-order valence-electron chi connectivity index (χ3n) is 2.25. The molecule has 0 spiro atoms. The summed E-state index contributed by atoms with van der Waals surface area (Å²) in [5.41, 5.74) is -2.39. The molecule has 3 N–H and O–H groups in total. The summed E-state index contributed by atoms with van der Waals surface area (Å²) in [5.74, 6) is -2.15. The highest BCUT2D eigenvalue weighted by atomic mass is 32.1. The third kappa shape index (κ3) is 1.67. The summed E-state index contributed by atoms with van der Waals surface area (Å²) in [6.07, 6.45) is 0. The van der Waals surface area contributed by atoms with Gasteiger partial charge in [-0.15, -0.1) is 11.3 Å². The van der Waals surface area contributed by atoms with Crippen molar-refractivity contribution in [3.63, 3.8) is 0 Å². The first-order chi connectivity index (χ1) is 7.98. The van der Waals surface area contributed by atoms with E-state index in [9.17, 15) is 19.5 Å². The Bertz CT molecular complexity index is 489. The van der Waals surface area contributed by atoms with Crippen LogP contribution >= 0.6 is 11.3 Å². The fraction of sp³-hybridized carbons (Fsp3) is 0.222. The minimum Gasteiger partial charge on any atom is -0.487 e. The minimum absolute atomic E-state index is 0.0804. The lowest BCUT2D eigenvalue weighted by atomic mass is 9.98. The lowest BCUT2D eigenvalue weighted by molar-refractivity contribution is -0.155. The fourth-order valence-corrected chi connectivity index (χ4v) is 2.27. The van der Waals surface area contributed by atoms with Crippen LogP contribution in [0.2, 0.25) is 0 Å². The molecule has 17 heavy (non-hydrogen) atoms. The Morgan fingerprint density at radius 1 is 1.24 bits per heavy atom. The normalized spacial score (nSPS) is 18.6. The number of carbonyl (C=O) groups is 3. The van der Waals surface area contributed by atoms with E-state index in [2.05, 4.69) is 0 Å². The quantitative estimate of drug-likeness (QED) is 0.607. The number of hydrogen-bond acceptors (Lipinski definition) is 6. The maximum Gasteiger partial charge on any atom is 0.328 e. The zero-order valence-electron chi connectivity index (χ0n) is 8.64. The molecule has 0 aromatic carbocycles. The molecule has 0 atom stereocenters. The summed E-state index contributed by atoms with van der Waals surface area (Å²) in [7, 11) is 1.42. The molecule has 0 bridgehead atoms. The Labute approximate surface area is 99.4 Å². The number of amides is 4. The average Bonchev–Trinajstić information content (AvgIpc) is 2.74. The van der Waals surface area contributed by atoms with Crippen LogP contribution in [0.5, 0.6) is 5.06 Å². The van der Waals surface area contributed by atoms with Gasteiger partial charge in [-0.1, -0.05) is 0 Å².